The fraction of sp³-hybridized carbons (Fsp3) is 0.211. The third-order valence-corrected chi connectivity index (χ3v) is 6.53. The molecule has 0 atom stereocenters. The molecule has 5 rings (SSSR count). The van der Waals surface area contributed by atoms with Gasteiger partial charge in [0.1, 0.15) is 0 Å². The first-order chi connectivity index (χ1) is 19.5. The molecule has 0 bridgehead atoms. The van der Waals surface area contributed by atoms with Crippen molar-refractivity contribution in [1.82, 2.24) is 0 Å². The van der Waals surface area contributed by atoms with Gasteiger partial charge in [0.2, 0.25) is 0 Å². The van der Waals surface area contributed by atoms with Gasteiger partial charge in [-0.3, -0.25) is 0 Å². The van der Waals surface area contributed by atoms with Crippen molar-refractivity contribution in [2.75, 3.05) is 9.80 Å². The van der Waals surface area contributed by atoms with Crippen LogP contribution in [-0.4, -0.2) is 0 Å². The summed E-state index contributed by atoms with van der Waals surface area (Å²) in [7, 11) is 0. The number of anilines is 6. The van der Waals surface area contributed by atoms with Gasteiger partial charge < -0.3 is 9.80 Å². The van der Waals surface area contributed by atoms with E-state index in [0.717, 1.165) is 34.1 Å². The lowest BCUT2D eigenvalue weighted by atomic mass is 10.1. The summed E-state index contributed by atoms with van der Waals surface area (Å²) >= 11 is 0. The quantitative estimate of drug-likeness (QED) is 0.216. The maximum atomic E-state index is 2.31. The van der Waals surface area contributed by atoms with Crippen LogP contribution in [0.2, 0.25) is 0 Å². The van der Waals surface area contributed by atoms with Crippen LogP contribution in [0.25, 0.3) is 0 Å². The molecule has 0 radical (unpaired) electrons. The highest BCUT2D eigenvalue weighted by Gasteiger charge is 2.16. The van der Waals surface area contributed by atoms with Crippen LogP contribution in [0.4, 0.5) is 34.1 Å². The summed E-state index contributed by atoms with van der Waals surface area (Å²) in [6.07, 6.45) is 0. The number of benzene rings is 5. The van der Waals surface area contributed by atoms with Crippen molar-refractivity contribution >= 4 is 34.1 Å². The molecule has 206 valence electrons. The second-order valence-electron chi connectivity index (χ2n) is 9.53. The standard InChI is InChI=1S/C34H32N2.2C2H6/c1-25-5-13-29(14-6-25)35(30-15-7-26(2)8-16-30)33-21-23-34(24-22-33)36(31-17-9-27(3)10-18-31)32-19-11-28(4)12-20-32;2*1-2/h5-24H,1-4H3;2*1-2H3. The zero-order valence-corrected chi connectivity index (χ0v) is 25.4. The first kappa shape index (κ1) is 30.2. The van der Waals surface area contributed by atoms with Gasteiger partial charge in [0.05, 0.1) is 0 Å². The minimum Gasteiger partial charge on any atom is -0.311 e. The molecule has 0 N–H and O–H groups in total. The van der Waals surface area contributed by atoms with Gasteiger partial charge in [0.25, 0.3) is 0 Å². The Labute approximate surface area is 242 Å². The highest BCUT2D eigenvalue weighted by atomic mass is 15.2. The molecule has 0 saturated carbocycles. The molecule has 0 aliphatic carbocycles. The van der Waals surface area contributed by atoms with E-state index in [-0.39, 0.29) is 0 Å². The SMILES string of the molecule is CC.CC.Cc1ccc(N(c2ccc(C)cc2)c2ccc(N(c3ccc(C)cc3)c3ccc(C)cc3)cc2)cc1. The number of aryl methyl sites for hydroxylation is 4. The highest BCUT2D eigenvalue weighted by molar-refractivity contribution is 5.81. The summed E-state index contributed by atoms with van der Waals surface area (Å²) < 4.78 is 0. The molecule has 40 heavy (non-hydrogen) atoms. The van der Waals surface area contributed by atoms with E-state index in [1.54, 1.807) is 0 Å². The largest absolute Gasteiger partial charge is 0.311 e. The molecule has 0 spiro atoms. The zero-order chi connectivity index (χ0) is 29.1. The van der Waals surface area contributed by atoms with Gasteiger partial charge in [-0.1, -0.05) is 98.5 Å². The molecule has 5 aromatic rings. The first-order valence-corrected chi connectivity index (χ1v) is 14.4. The smallest absolute Gasteiger partial charge is 0.0463 e. The van der Waals surface area contributed by atoms with E-state index >= 15 is 0 Å². The molecular weight excluding hydrogens is 484 g/mol. The van der Waals surface area contributed by atoms with Crippen LogP contribution in [-0.2, 0) is 0 Å². The number of nitrogens with zero attached hydrogens (tertiary/aromatic N) is 2. The second-order valence-corrected chi connectivity index (χ2v) is 9.53. The molecule has 0 aliphatic heterocycles. The molecule has 2 heteroatoms. The van der Waals surface area contributed by atoms with E-state index in [0.29, 0.717) is 0 Å². The van der Waals surface area contributed by atoms with Gasteiger partial charge in [-0.05, 0) is 100 Å². The first-order valence-electron chi connectivity index (χ1n) is 14.4. The van der Waals surface area contributed by atoms with Crippen LogP contribution in [0.3, 0.4) is 0 Å². The lowest BCUT2D eigenvalue weighted by Crippen LogP contribution is -2.12. The van der Waals surface area contributed by atoms with E-state index < -0.39 is 0 Å². The summed E-state index contributed by atoms with van der Waals surface area (Å²) in [6.45, 7) is 16.5. The van der Waals surface area contributed by atoms with Gasteiger partial charge >= 0.3 is 0 Å². The van der Waals surface area contributed by atoms with Gasteiger partial charge in [-0.15, -0.1) is 0 Å². The summed E-state index contributed by atoms with van der Waals surface area (Å²) in [5.41, 5.74) is 11.8. The minimum absolute atomic E-state index is 1.12. The Kier molecular flexibility index (Phi) is 11.1. The number of rotatable bonds is 6. The highest BCUT2D eigenvalue weighted by Crippen LogP contribution is 2.39. The Morgan fingerprint density at radius 2 is 0.375 bits per heavy atom. The summed E-state index contributed by atoms with van der Waals surface area (Å²) in [5.74, 6) is 0. The number of hydrogen-bond acceptors (Lipinski definition) is 2. The van der Waals surface area contributed by atoms with Crippen molar-refractivity contribution in [3.8, 4) is 0 Å². The Hall–Kier alpha value is -4.30. The minimum atomic E-state index is 1.12. The van der Waals surface area contributed by atoms with Crippen molar-refractivity contribution in [2.24, 2.45) is 0 Å². The lowest BCUT2D eigenvalue weighted by molar-refractivity contribution is 1.24. The van der Waals surface area contributed by atoms with Crippen molar-refractivity contribution in [3.05, 3.63) is 144 Å². The molecule has 2 nitrogen and oxygen atoms in total. The second kappa shape index (κ2) is 14.7. The predicted molar refractivity (Wildman–Crippen MR) is 177 cm³/mol. The van der Waals surface area contributed by atoms with Crippen molar-refractivity contribution in [3.63, 3.8) is 0 Å². The van der Waals surface area contributed by atoms with E-state index in [1.165, 1.54) is 22.3 Å². The normalized spacial score (nSPS) is 10.0. The van der Waals surface area contributed by atoms with Gasteiger partial charge in [0, 0.05) is 34.1 Å². The van der Waals surface area contributed by atoms with E-state index in [1.807, 2.05) is 27.7 Å². The molecule has 5 aromatic carbocycles. The summed E-state index contributed by atoms with van der Waals surface area (Å²) in [4.78, 5) is 4.62. The molecule has 0 aliphatic rings. The van der Waals surface area contributed by atoms with Gasteiger partial charge in [-0.25, -0.2) is 0 Å². The van der Waals surface area contributed by atoms with Crippen LogP contribution in [0.15, 0.2) is 121 Å². The van der Waals surface area contributed by atoms with Crippen LogP contribution in [0.5, 0.6) is 0 Å². The fourth-order valence-corrected chi connectivity index (χ4v) is 4.42. The molecule has 0 unspecified atom stereocenters. The average molecular weight is 529 g/mol. The van der Waals surface area contributed by atoms with Crippen molar-refractivity contribution < 1.29 is 0 Å². The lowest BCUT2D eigenvalue weighted by Gasteiger charge is -2.28. The van der Waals surface area contributed by atoms with Crippen molar-refractivity contribution in [2.45, 2.75) is 55.4 Å². The Balaban J connectivity index is 0.00000106. The molecule has 0 heterocycles. The zero-order valence-electron chi connectivity index (χ0n) is 25.4. The Bertz CT molecular complexity index is 1210. The van der Waals surface area contributed by atoms with E-state index in [2.05, 4.69) is 159 Å². The Morgan fingerprint density at radius 3 is 0.525 bits per heavy atom. The van der Waals surface area contributed by atoms with Gasteiger partial charge in [-0.2, -0.15) is 0 Å². The maximum Gasteiger partial charge on any atom is 0.0463 e. The fourth-order valence-electron chi connectivity index (χ4n) is 4.42. The average Bonchev–Trinajstić information content (AvgIpc) is 3.00. The molecule has 0 aromatic heterocycles. The van der Waals surface area contributed by atoms with E-state index in [4.69, 9.17) is 0 Å². The monoisotopic (exact) mass is 528 g/mol. The molecule has 0 amide bonds. The molecular formula is C38H44N2. The van der Waals surface area contributed by atoms with Crippen LogP contribution < -0.4 is 9.80 Å². The van der Waals surface area contributed by atoms with Crippen LogP contribution >= 0.6 is 0 Å². The molecule has 0 fully saturated rings. The third-order valence-electron chi connectivity index (χ3n) is 6.53. The van der Waals surface area contributed by atoms with Gasteiger partial charge in [0.15, 0.2) is 0 Å². The van der Waals surface area contributed by atoms with E-state index in [9.17, 15) is 0 Å². The third kappa shape index (κ3) is 7.42. The molecule has 0 saturated heterocycles. The summed E-state index contributed by atoms with van der Waals surface area (Å²) in [6, 6.07) is 43.7. The van der Waals surface area contributed by atoms with Crippen molar-refractivity contribution in [1.29, 1.82) is 0 Å². The number of hydrogen-bond donors (Lipinski definition) is 0. The topological polar surface area (TPSA) is 6.48 Å². The predicted octanol–water partition coefficient (Wildman–Crippen LogP) is 11.9. The maximum absolute atomic E-state index is 2.31. The Morgan fingerprint density at radius 1 is 0.250 bits per heavy atom. The van der Waals surface area contributed by atoms with Crippen LogP contribution in [0, 0.1) is 27.7 Å². The summed E-state index contributed by atoms with van der Waals surface area (Å²) in [5, 5.41) is 0. The van der Waals surface area contributed by atoms with Crippen LogP contribution in [0.1, 0.15) is 49.9 Å².